The maximum atomic E-state index is 8.49. The summed E-state index contributed by atoms with van der Waals surface area (Å²) in [6.07, 6.45) is 6.74. The number of nitrogens with zero attached hydrogens (tertiary/aromatic N) is 2. The van der Waals surface area contributed by atoms with Gasteiger partial charge in [-0.1, -0.05) is 17.8 Å². The van der Waals surface area contributed by atoms with E-state index < -0.39 is 10.2 Å². The van der Waals surface area contributed by atoms with E-state index in [1.165, 1.54) is 34.7 Å². The second-order valence-corrected chi connectivity index (χ2v) is 7.42. The van der Waals surface area contributed by atoms with Gasteiger partial charge in [0.05, 0.1) is 10.8 Å². The lowest BCUT2D eigenvalue weighted by Crippen LogP contribution is -2.68. The van der Waals surface area contributed by atoms with Crippen LogP contribution < -0.4 is 18.6 Å². The first-order chi connectivity index (χ1) is 10.3. The lowest BCUT2D eigenvalue weighted by atomic mass is 10.4. The summed E-state index contributed by atoms with van der Waals surface area (Å²) >= 11 is 3.94. The van der Waals surface area contributed by atoms with Crippen molar-refractivity contribution in [1.29, 1.82) is 0 Å². The van der Waals surface area contributed by atoms with E-state index in [0.29, 0.717) is 0 Å². The molecule has 0 unspecified atom stereocenters. The zero-order chi connectivity index (χ0) is 16.6. The second kappa shape index (κ2) is 9.82. The molecule has 0 N–H and O–H groups in total. The molecule has 2 heterocycles. The van der Waals surface area contributed by atoms with Crippen LogP contribution in [0.5, 0.6) is 0 Å². The van der Waals surface area contributed by atoms with Gasteiger partial charge in [-0.25, -0.2) is 23.2 Å². The van der Waals surface area contributed by atoms with Crippen LogP contribution in [-0.2, 0) is 0 Å². The molecule has 0 bridgehead atoms. The molecular formula is C13H21ClN2O4S2. The molecule has 2 rings (SSSR count). The summed E-state index contributed by atoms with van der Waals surface area (Å²) in [5.74, 6) is 2.47. The number of rotatable bonds is 4. The topological polar surface area (TPSA) is 98.5 Å². The van der Waals surface area contributed by atoms with Crippen molar-refractivity contribution in [1.82, 2.24) is 4.90 Å². The average molecular weight is 369 g/mol. The molecule has 0 saturated carbocycles. The Hall–Kier alpha value is -0.220. The summed E-state index contributed by atoms with van der Waals surface area (Å²) in [4.78, 5) is 2.44. The Morgan fingerprint density at radius 1 is 1.18 bits per heavy atom. The summed E-state index contributed by atoms with van der Waals surface area (Å²) in [6.45, 7) is 9.10. The van der Waals surface area contributed by atoms with E-state index in [2.05, 4.69) is 41.6 Å². The second-order valence-electron chi connectivity index (χ2n) is 4.44. The van der Waals surface area contributed by atoms with E-state index in [1.807, 2.05) is 23.5 Å². The minimum atomic E-state index is -4.94. The zero-order valence-electron chi connectivity index (χ0n) is 12.7. The van der Waals surface area contributed by atoms with Crippen molar-refractivity contribution in [2.45, 2.75) is 13.8 Å². The summed E-state index contributed by atoms with van der Waals surface area (Å²) in [5.41, 5.74) is 0. The van der Waals surface area contributed by atoms with Crippen LogP contribution in [0.4, 0.5) is 0 Å². The molecule has 0 aliphatic carbocycles. The summed E-state index contributed by atoms with van der Waals surface area (Å²) in [5, 5.41) is 2.85. The molecule has 1 saturated heterocycles. The Bertz CT molecular complexity index is 444. The normalized spacial score (nSPS) is 21.0. The zero-order valence-corrected chi connectivity index (χ0v) is 15.1. The molecule has 0 atom stereocenters. The first-order valence-corrected chi connectivity index (χ1v) is 10.2. The molecule has 2 aliphatic rings. The van der Waals surface area contributed by atoms with Gasteiger partial charge >= 0.3 is 0 Å². The number of hydrogen-bond donors (Lipinski definition) is 0. The highest BCUT2D eigenvalue weighted by Crippen LogP contribution is 2.27. The third-order valence-electron chi connectivity index (χ3n) is 3.09. The largest absolute Gasteiger partial charge is 0.366 e. The van der Waals surface area contributed by atoms with Crippen LogP contribution in [0.3, 0.4) is 0 Å². The fraction of sp³-hybridized carbons (Fsp3) is 0.615. The van der Waals surface area contributed by atoms with E-state index in [9.17, 15) is 0 Å². The van der Waals surface area contributed by atoms with Gasteiger partial charge in [0.1, 0.15) is 6.54 Å². The fourth-order valence-corrected chi connectivity index (χ4v) is 4.27. The van der Waals surface area contributed by atoms with Gasteiger partial charge in [0.25, 0.3) is 0 Å². The third kappa shape index (κ3) is 7.87. The molecular weight excluding hydrogens is 348 g/mol. The average Bonchev–Trinajstić information content (AvgIpc) is 3.05. The molecule has 22 heavy (non-hydrogen) atoms. The van der Waals surface area contributed by atoms with Crippen molar-refractivity contribution in [2.24, 2.45) is 0 Å². The van der Waals surface area contributed by atoms with Crippen molar-refractivity contribution in [2.75, 3.05) is 37.7 Å². The Kier molecular flexibility index (Phi) is 8.85. The predicted octanol–water partition coefficient (Wildman–Crippen LogP) is -2.13. The molecule has 0 amide bonds. The van der Waals surface area contributed by atoms with Gasteiger partial charge in [0, 0.05) is 24.9 Å². The maximum Gasteiger partial charge on any atom is 0.234 e. The molecule has 1 fully saturated rings. The Balaban J connectivity index is 0.000000422. The molecule has 0 spiro atoms. The minimum Gasteiger partial charge on any atom is -0.366 e. The van der Waals surface area contributed by atoms with Crippen LogP contribution >= 0.6 is 23.5 Å². The van der Waals surface area contributed by atoms with Crippen molar-refractivity contribution < 1.29 is 33.5 Å². The van der Waals surface area contributed by atoms with Crippen molar-refractivity contribution in [3.05, 3.63) is 23.3 Å². The SMILES string of the molecule is CCN1CCS/C1=C\C=C\C1=[N+](CC)CCS1.[O-][Cl+3]([O-])([O-])[O-]. The predicted molar refractivity (Wildman–Crippen MR) is 80.1 cm³/mol. The summed E-state index contributed by atoms with van der Waals surface area (Å²) in [6, 6.07) is 0. The smallest absolute Gasteiger partial charge is 0.234 e. The molecule has 6 nitrogen and oxygen atoms in total. The standard InChI is InChI=1S/C13H21N2S2.ClHO4/c1-3-14-8-10-16-12(14)6-5-7-13-15(4-2)9-11-17-13;2-1(3,4)5/h5-7H,3-4,8-11H2,1-2H3;(H,2,3,4,5)/q+1;/p-1. The molecule has 126 valence electrons. The van der Waals surface area contributed by atoms with Crippen molar-refractivity contribution in [3.63, 3.8) is 0 Å². The monoisotopic (exact) mass is 368 g/mol. The molecule has 0 radical (unpaired) electrons. The lowest BCUT2D eigenvalue weighted by molar-refractivity contribution is -2.00. The number of thioether (sulfide) groups is 2. The highest BCUT2D eigenvalue weighted by molar-refractivity contribution is 8.14. The van der Waals surface area contributed by atoms with Gasteiger partial charge in [-0.2, -0.15) is 0 Å². The van der Waals surface area contributed by atoms with Gasteiger partial charge in [0.2, 0.25) is 5.04 Å². The van der Waals surface area contributed by atoms with E-state index in [0.717, 1.165) is 13.1 Å². The van der Waals surface area contributed by atoms with Crippen molar-refractivity contribution >= 4 is 28.6 Å². The first-order valence-electron chi connectivity index (χ1n) is 6.97. The van der Waals surface area contributed by atoms with E-state index >= 15 is 0 Å². The molecule has 0 aromatic heterocycles. The molecule has 9 heteroatoms. The number of halogens is 1. The maximum absolute atomic E-state index is 8.49. The van der Waals surface area contributed by atoms with Crippen LogP contribution in [-0.4, -0.2) is 52.2 Å². The number of allylic oxidation sites excluding steroid dienone is 2. The van der Waals surface area contributed by atoms with E-state index in [4.69, 9.17) is 18.6 Å². The van der Waals surface area contributed by atoms with Crippen LogP contribution in [0.15, 0.2) is 23.3 Å². The van der Waals surface area contributed by atoms with Gasteiger partial charge < -0.3 is 4.90 Å². The number of hydrogen-bond acceptors (Lipinski definition) is 7. The summed E-state index contributed by atoms with van der Waals surface area (Å²) < 4.78 is 36.4. The van der Waals surface area contributed by atoms with E-state index in [-0.39, 0.29) is 0 Å². The highest BCUT2D eigenvalue weighted by atomic mass is 35.7. The lowest BCUT2D eigenvalue weighted by Gasteiger charge is -2.17. The molecule has 2 aliphatic heterocycles. The quantitative estimate of drug-likeness (QED) is 0.523. The Labute approximate surface area is 141 Å². The first kappa shape index (κ1) is 19.8. The van der Waals surface area contributed by atoms with Gasteiger partial charge in [-0.3, -0.25) is 0 Å². The minimum absolute atomic E-state index is 1.12. The van der Waals surface area contributed by atoms with Gasteiger partial charge in [-0.15, -0.1) is 22.0 Å². The van der Waals surface area contributed by atoms with Crippen LogP contribution in [0, 0.1) is 10.2 Å². The van der Waals surface area contributed by atoms with Crippen molar-refractivity contribution in [3.8, 4) is 0 Å². The van der Waals surface area contributed by atoms with Gasteiger partial charge in [0.15, 0.2) is 6.54 Å². The fourth-order valence-electron chi connectivity index (χ4n) is 2.07. The summed E-state index contributed by atoms with van der Waals surface area (Å²) in [7, 11) is -4.94. The van der Waals surface area contributed by atoms with Crippen LogP contribution in [0.1, 0.15) is 13.8 Å². The van der Waals surface area contributed by atoms with Crippen LogP contribution in [0.25, 0.3) is 0 Å². The van der Waals surface area contributed by atoms with Gasteiger partial charge in [-0.05, 0) is 19.9 Å². The third-order valence-corrected chi connectivity index (χ3v) is 5.24. The Morgan fingerprint density at radius 3 is 2.45 bits per heavy atom. The Morgan fingerprint density at radius 2 is 1.86 bits per heavy atom. The molecule has 0 aromatic carbocycles. The van der Waals surface area contributed by atoms with E-state index in [1.54, 1.807) is 0 Å². The highest BCUT2D eigenvalue weighted by Gasteiger charge is 2.18. The van der Waals surface area contributed by atoms with Crippen LogP contribution in [0.2, 0.25) is 0 Å². The molecule has 0 aromatic rings.